The van der Waals surface area contributed by atoms with Crippen molar-refractivity contribution in [2.24, 2.45) is 0 Å². The fourth-order valence-electron chi connectivity index (χ4n) is 2.91. The van der Waals surface area contributed by atoms with E-state index >= 15 is 0 Å². The molecule has 0 amide bonds. The molecule has 0 unspecified atom stereocenters. The lowest BCUT2D eigenvalue weighted by Gasteiger charge is -2.03. The number of aromatic carboxylic acids is 1. The maximum absolute atomic E-state index is 13.3. The first-order valence-electron chi connectivity index (χ1n) is 8.37. The average molecular weight is 358 g/mol. The first kappa shape index (κ1) is 16.7. The van der Waals surface area contributed by atoms with Gasteiger partial charge >= 0.3 is 5.97 Å². The van der Waals surface area contributed by atoms with Gasteiger partial charge in [0.1, 0.15) is 11.6 Å². The predicted octanol–water partition coefficient (Wildman–Crippen LogP) is 5.25. The van der Waals surface area contributed by atoms with E-state index in [9.17, 15) is 9.18 Å². The Morgan fingerprint density at radius 1 is 0.815 bits per heavy atom. The van der Waals surface area contributed by atoms with Gasteiger partial charge < -0.3 is 10.1 Å². The zero-order valence-corrected chi connectivity index (χ0v) is 14.2. The second kappa shape index (κ2) is 6.88. The minimum atomic E-state index is -0.974. The zero-order chi connectivity index (χ0) is 18.8. The SMILES string of the molecule is O=C(O)c1ccc(-c2nc(-c3ccccc3)c(-c3ccc(F)cc3)[nH]2)cc1. The van der Waals surface area contributed by atoms with Crippen LogP contribution in [0.3, 0.4) is 0 Å². The number of carboxylic acid groups (broad SMARTS) is 1. The molecule has 27 heavy (non-hydrogen) atoms. The molecule has 0 aliphatic carbocycles. The Morgan fingerprint density at radius 3 is 2.07 bits per heavy atom. The molecule has 5 heteroatoms. The highest BCUT2D eigenvalue weighted by atomic mass is 19.1. The van der Waals surface area contributed by atoms with Crippen molar-refractivity contribution < 1.29 is 14.3 Å². The number of hydrogen-bond acceptors (Lipinski definition) is 2. The first-order chi connectivity index (χ1) is 13.1. The standard InChI is InChI=1S/C22H15FN2O2/c23-18-12-10-15(11-13-18)20-19(14-4-2-1-3-5-14)24-21(25-20)16-6-8-17(9-7-16)22(26)27/h1-13H,(H,24,25)(H,26,27). The molecule has 1 aromatic heterocycles. The van der Waals surface area contributed by atoms with Gasteiger partial charge in [-0.05, 0) is 36.4 Å². The van der Waals surface area contributed by atoms with Crippen molar-refractivity contribution >= 4 is 5.97 Å². The van der Waals surface area contributed by atoms with E-state index in [1.807, 2.05) is 30.3 Å². The topological polar surface area (TPSA) is 66.0 Å². The number of aromatic amines is 1. The molecule has 0 saturated heterocycles. The number of nitrogens with zero attached hydrogens (tertiary/aromatic N) is 1. The molecule has 4 aromatic rings. The third-order valence-electron chi connectivity index (χ3n) is 4.29. The highest BCUT2D eigenvalue weighted by Gasteiger charge is 2.15. The Morgan fingerprint density at radius 2 is 1.44 bits per heavy atom. The van der Waals surface area contributed by atoms with Gasteiger partial charge in [-0.3, -0.25) is 0 Å². The summed E-state index contributed by atoms with van der Waals surface area (Å²) in [7, 11) is 0. The van der Waals surface area contributed by atoms with Crippen LogP contribution in [0, 0.1) is 5.82 Å². The maximum Gasteiger partial charge on any atom is 0.335 e. The van der Waals surface area contributed by atoms with Crippen LogP contribution in [0.1, 0.15) is 10.4 Å². The molecule has 0 bridgehead atoms. The van der Waals surface area contributed by atoms with Crippen LogP contribution < -0.4 is 0 Å². The predicted molar refractivity (Wildman–Crippen MR) is 102 cm³/mol. The van der Waals surface area contributed by atoms with Gasteiger partial charge in [0, 0.05) is 16.7 Å². The molecule has 4 nitrogen and oxygen atoms in total. The van der Waals surface area contributed by atoms with Gasteiger partial charge in [0.05, 0.1) is 17.0 Å². The van der Waals surface area contributed by atoms with Gasteiger partial charge in [0.15, 0.2) is 0 Å². The summed E-state index contributed by atoms with van der Waals surface area (Å²) in [5, 5.41) is 9.06. The van der Waals surface area contributed by atoms with Crippen molar-refractivity contribution in [3.8, 4) is 33.9 Å². The van der Waals surface area contributed by atoms with E-state index in [1.165, 1.54) is 12.1 Å². The highest BCUT2D eigenvalue weighted by Crippen LogP contribution is 2.33. The molecule has 0 atom stereocenters. The average Bonchev–Trinajstić information content (AvgIpc) is 3.15. The molecule has 2 N–H and O–H groups in total. The number of rotatable bonds is 4. The van der Waals surface area contributed by atoms with Crippen LogP contribution in [-0.2, 0) is 0 Å². The fourth-order valence-corrected chi connectivity index (χ4v) is 2.91. The molecule has 3 aromatic carbocycles. The summed E-state index contributed by atoms with van der Waals surface area (Å²) in [6, 6.07) is 22.4. The Kier molecular flexibility index (Phi) is 4.26. The van der Waals surface area contributed by atoms with E-state index in [0.717, 1.165) is 28.1 Å². The molecule has 0 aliphatic rings. The lowest BCUT2D eigenvalue weighted by molar-refractivity contribution is 0.0697. The van der Waals surface area contributed by atoms with Crippen molar-refractivity contribution in [3.63, 3.8) is 0 Å². The van der Waals surface area contributed by atoms with Gasteiger partial charge in [-0.15, -0.1) is 0 Å². The number of nitrogens with one attached hydrogen (secondary N) is 1. The Balaban J connectivity index is 1.84. The number of imidazole rings is 1. The lowest BCUT2D eigenvalue weighted by Crippen LogP contribution is -1.95. The first-order valence-corrected chi connectivity index (χ1v) is 8.37. The van der Waals surface area contributed by atoms with E-state index < -0.39 is 5.97 Å². The lowest BCUT2D eigenvalue weighted by atomic mass is 10.1. The van der Waals surface area contributed by atoms with Crippen LogP contribution in [-0.4, -0.2) is 21.0 Å². The van der Waals surface area contributed by atoms with Crippen molar-refractivity contribution in [1.29, 1.82) is 0 Å². The minimum absolute atomic E-state index is 0.215. The molecular formula is C22H15FN2O2. The maximum atomic E-state index is 13.3. The summed E-state index contributed by atoms with van der Waals surface area (Å²) in [6.07, 6.45) is 0. The Hall–Kier alpha value is -3.73. The quantitative estimate of drug-likeness (QED) is 0.524. The van der Waals surface area contributed by atoms with Crippen molar-refractivity contribution in [1.82, 2.24) is 9.97 Å². The second-order valence-electron chi connectivity index (χ2n) is 6.06. The molecule has 0 aliphatic heterocycles. The summed E-state index contributed by atoms with van der Waals surface area (Å²) in [5.41, 5.74) is 4.26. The van der Waals surface area contributed by atoms with Crippen molar-refractivity contribution in [3.05, 3.63) is 90.2 Å². The minimum Gasteiger partial charge on any atom is -0.478 e. The van der Waals surface area contributed by atoms with E-state index in [2.05, 4.69) is 4.98 Å². The molecule has 0 radical (unpaired) electrons. The third-order valence-corrected chi connectivity index (χ3v) is 4.29. The smallest absolute Gasteiger partial charge is 0.335 e. The molecular weight excluding hydrogens is 343 g/mol. The second-order valence-corrected chi connectivity index (χ2v) is 6.06. The van der Waals surface area contributed by atoms with E-state index in [0.29, 0.717) is 5.82 Å². The van der Waals surface area contributed by atoms with Crippen LogP contribution in [0.4, 0.5) is 4.39 Å². The van der Waals surface area contributed by atoms with Gasteiger partial charge in [-0.1, -0.05) is 42.5 Å². The number of carboxylic acids is 1. The molecule has 132 valence electrons. The summed E-state index contributed by atoms with van der Waals surface area (Å²) in [6.45, 7) is 0. The van der Waals surface area contributed by atoms with Crippen molar-refractivity contribution in [2.45, 2.75) is 0 Å². The summed E-state index contributed by atoms with van der Waals surface area (Å²) >= 11 is 0. The van der Waals surface area contributed by atoms with E-state index in [4.69, 9.17) is 10.1 Å². The number of H-pyrrole nitrogens is 1. The molecule has 4 rings (SSSR count). The van der Waals surface area contributed by atoms with E-state index in [1.54, 1.807) is 36.4 Å². The number of carbonyl (C=O) groups is 1. The van der Waals surface area contributed by atoms with Gasteiger partial charge in [-0.2, -0.15) is 0 Å². The molecule has 0 saturated carbocycles. The third kappa shape index (κ3) is 3.35. The molecule has 1 heterocycles. The normalized spacial score (nSPS) is 10.7. The zero-order valence-electron chi connectivity index (χ0n) is 14.2. The van der Waals surface area contributed by atoms with Gasteiger partial charge in [-0.25, -0.2) is 14.2 Å². The van der Waals surface area contributed by atoms with Crippen molar-refractivity contribution in [2.75, 3.05) is 0 Å². The fraction of sp³-hybridized carbons (Fsp3) is 0. The summed E-state index contributed by atoms with van der Waals surface area (Å²) < 4.78 is 13.3. The number of hydrogen-bond donors (Lipinski definition) is 2. The monoisotopic (exact) mass is 358 g/mol. The molecule has 0 fully saturated rings. The number of halogens is 1. The van der Waals surface area contributed by atoms with Crippen LogP contribution >= 0.6 is 0 Å². The molecule has 0 spiro atoms. The highest BCUT2D eigenvalue weighted by molar-refractivity contribution is 5.88. The van der Waals surface area contributed by atoms with Crippen LogP contribution in [0.5, 0.6) is 0 Å². The Labute approximate surface area is 155 Å². The number of benzene rings is 3. The summed E-state index contributed by atoms with van der Waals surface area (Å²) in [5.74, 6) is -0.660. The van der Waals surface area contributed by atoms with Gasteiger partial charge in [0.25, 0.3) is 0 Å². The van der Waals surface area contributed by atoms with Crippen LogP contribution in [0.2, 0.25) is 0 Å². The Bertz CT molecular complexity index is 1090. The van der Waals surface area contributed by atoms with Crippen LogP contribution in [0.15, 0.2) is 78.9 Å². The largest absolute Gasteiger partial charge is 0.478 e. The summed E-state index contributed by atoms with van der Waals surface area (Å²) in [4.78, 5) is 19.1. The van der Waals surface area contributed by atoms with Crippen LogP contribution in [0.25, 0.3) is 33.9 Å². The van der Waals surface area contributed by atoms with E-state index in [-0.39, 0.29) is 11.4 Å². The number of aromatic nitrogens is 2. The van der Waals surface area contributed by atoms with Gasteiger partial charge in [0.2, 0.25) is 0 Å².